The van der Waals surface area contributed by atoms with Crippen molar-refractivity contribution in [1.29, 1.82) is 0 Å². The van der Waals surface area contributed by atoms with Crippen molar-refractivity contribution in [3.8, 4) is 0 Å². The van der Waals surface area contributed by atoms with Crippen molar-refractivity contribution in [1.82, 2.24) is 4.98 Å². The first-order chi connectivity index (χ1) is 11.8. The Bertz CT molecular complexity index is 874. The van der Waals surface area contributed by atoms with Crippen LogP contribution in [0.15, 0.2) is 60.8 Å². The van der Waals surface area contributed by atoms with Gasteiger partial charge in [-0.25, -0.2) is 0 Å². The smallest absolute Gasteiger partial charge is 0.255 e. The standard InChI is InChI=1S/C19H16N2OS2/c22-18(13-3-5-14(6-4-13)19-23-10-11-24-19)21-16-7-8-17-15(12-16)2-1-9-20-17/h1-9,12,19H,10-11H2,(H,21,22). The molecule has 0 atom stereocenters. The molecule has 1 aliphatic rings. The van der Waals surface area contributed by atoms with E-state index in [4.69, 9.17) is 0 Å². The summed E-state index contributed by atoms with van der Waals surface area (Å²) in [7, 11) is 0. The Morgan fingerprint density at radius 1 is 1.04 bits per heavy atom. The number of benzene rings is 2. The highest BCUT2D eigenvalue weighted by atomic mass is 32.2. The van der Waals surface area contributed by atoms with Crippen LogP contribution < -0.4 is 5.32 Å². The summed E-state index contributed by atoms with van der Waals surface area (Å²) in [6.45, 7) is 0. The first-order valence-corrected chi connectivity index (χ1v) is 9.89. The van der Waals surface area contributed by atoms with Crippen LogP contribution in [0.3, 0.4) is 0 Å². The Labute approximate surface area is 149 Å². The fourth-order valence-electron chi connectivity index (χ4n) is 2.70. The average Bonchev–Trinajstić information content (AvgIpc) is 3.16. The summed E-state index contributed by atoms with van der Waals surface area (Å²) in [5.74, 6) is 2.32. The molecule has 1 amide bonds. The molecule has 1 aromatic heterocycles. The monoisotopic (exact) mass is 352 g/mol. The predicted molar refractivity (Wildman–Crippen MR) is 104 cm³/mol. The molecule has 0 aliphatic carbocycles. The maximum atomic E-state index is 12.4. The minimum atomic E-state index is -0.0866. The van der Waals surface area contributed by atoms with Crippen LogP contribution in [0, 0.1) is 0 Å². The normalized spacial score (nSPS) is 14.8. The molecule has 120 valence electrons. The number of carbonyl (C=O) groups is 1. The first kappa shape index (κ1) is 15.5. The Hall–Kier alpha value is -1.98. The van der Waals surface area contributed by atoms with Crippen LogP contribution in [-0.4, -0.2) is 22.4 Å². The Morgan fingerprint density at radius 2 is 1.83 bits per heavy atom. The molecule has 1 aliphatic heterocycles. The maximum Gasteiger partial charge on any atom is 0.255 e. The fourth-order valence-corrected chi connectivity index (χ4v) is 5.56. The number of hydrogen-bond acceptors (Lipinski definition) is 4. The molecule has 0 saturated carbocycles. The number of pyridine rings is 1. The Morgan fingerprint density at radius 3 is 2.62 bits per heavy atom. The van der Waals surface area contributed by atoms with Gasteiger partial charge in [-0.3, -0.25) is 9.78 Å². The third-order valence-electron chi connectivity index (χ3n) is 3.93. The molecule has 0 radical (unpaired) electrons. The van der Waals surface area contributed by atoms with E-state index < -0.39 is 0 Å². The lowest BCUT2D eigenvalue weighted by atomic mass is 10.1. The number of fused-ring (bicyclic) bond motifs is 1. The zero-order valence-electron chi connectivity index (χ0n) is 12.9. The van der Waals surface area contributed by atoms with Gasteiger partial charge in [0.25, 0.3) is 5.91 Å². The number of aromatic nitrogens is 1. The molecule has 2 heterocycles. The van der Waals surface area contributed by atoms with Crippen molar-refractivity contribution in [3.63, 3.8) is 0 Å². The van der Waals surface area contributed by atoms with Crippen LogP contribution in [-0.2, 0) is 0 Å². The highest BCUT2D eigenvalue weighted by Crippen LogP contribution is 2.45. The first-order valence-electron chi connectivity index (χ1n) is 7.79. The van der Waals surface area contributed by atoms with Gasteiger partial charge in [0.1, 0.15) is 0 Å². The van der Waals surface area contributed by atoms with Crippen molar-refractivity contribution in [2.45, 2.75) is 4.58 Å². The molecule has 4 rings (SSSR count). The molecule has 3 nitrogen and oxygen atoms in total. The number of rotatable bonds is 3. The Balaban J connectivity index is 1.50. The molecule has 3 aromatic rings. The second kappa shape index (κ2) is 6.87. The quantitative estimate of drug-likeness (QED) is 0.723. The second-order valence-corrected chi connectivity index (χ2v) is 8.28. The van der Waals surface area contributed by atoms with E-state index in [0.717, 1.165) is 16.6 Å². The largest absolute Gasteiger partial charge is 0.322 e. The lowest BCUT2D eigenvalue weighted by Crippen LogP contribution is -2.11. The lowest BCUT2D eigenvalue weighted by Gasteiger charge is -2.10. The van der Waals surface area contributed by atoms with E-state index in [0.29, 0.717) is 10.1 Å². The lowest BCUT2D eigenvalue weighted by molar-refractivity contribution is 0.102. The summed E-state index contributed by atoms with van der Waals surface area (Å²) in [6, 6.07) is 17.6. The maximum absolute atomic E-state index is 12.4. The van der Waals surface area contributed by atoms with Gasteiger partial charge in [-0.2, -0.15) is 0 Å². The Kier molecular flexibility index (Phi) is 4.45. The summed E-state index contributed by atoms with van der Waals surface area (Å²) in [5.41, 5.74) is 3.67. The number of carbonyl (C=O) groups excluding carboxylic acids is 1. The highest BCUT2D eigenvalue weighted by Gasteiger charge is 2.18. The molecule has 1 saturated heterocycles. The van der Waals surface area contributed by atoms with Crippen molar-refractivity contribution >= 4 is 46.0 Å². The van der Waals surface area contributed by atoms with Gasteiger partial charge < -0.3 is 5.32 Å². The molecule has 1 fully saturated rings. The summed E-state index contributed by atoms with van der Waals surface area (Å²) in [5, 5.41) is 3.98. The van der Waals surface area contributed by atoms with E-state index in [1.807, 2.05) is 66.0 Å². The van der Waals surface area contributed by atoms with Gasteiger partial charge in [0.05, 0.1) is 10.1 Å². The van der Waals surface area contributed by atoms with Crippen LogP contribution in [0.2, 0.25) is 0 Å². The summed E-state index contributed by atoms with van der Waals surface area (Å²) in [4.78, 5) is 16.7. The molecule has 1 N–H and O–H groups in total. The van der Waals surface area contributed by atoms with Crippen molar-refractivity contribution in [3.05, 3.63) is 71.9 Å². The molecular weight excluding hydrogens is 336 g/mol. The number of nitrogens with zero attached hydrogens (tertiary/aromatic N) is 1. The molecule has 0 spiro atoms. The molecule has 0 bridgehead atoms. The minimum absolute atomic E-state index is 0.0866. The average molecular weight is 352 g/mol. The number of amides is 1. The van der Waals surface area contributed by atoms with Gasteiger partial charge in [0.2, 0.25) is 0 Å². The number of nitrogens with one attached hydrogen (secondary N) is 1. The second-order valence-electron chi connectivity index (χ2n) is 5.56. The van der Waals surface area contributed by atoms with Crippen LogP contribution in [0.5, 0.6) is 0 Å². The molecule has 0 unspecified atom stereocenters. The van der Waals surface area contributed by atoms with Gasteiger partial charge in [-0.1, -0.05) is 18.2 Å². The van der Waals surface area contributed by atoms with Crippen LogP contribution in [0.25, 0.3) is 10.9 Å². The highest BCUT2D eigenvalue weighted by molar-refractivity contribution is 8.19. The molecule has 24 heavy (non-hydrogen) atoms. The van der Waals surface area contributed by atoms with Crippen molar-refractivity contribution in [2.24, 2.45) is 0 Å². The van der Waals surface area contributed by atoms with Crippen LogP contribution in [0.4, 0.5) is 5.69 Å². The zero-order valence-corrected chi connectivity index (χ0v) is 14.6. The number of anilines is 1. The summed E-state index contributed by atoms with van der Waals surface area (Å²) < 4.78 is 0.509. The topological polar surface area (TPSA) is 42.0 Å². The molecule has 5 heteroatoms. The van der Waals surface area contributed by atoms with E-state index in [1.54, 1.807) is 6.20 Å². The molecular formula is C19H16N2OS2. The van der Waals surface area contributed by atoms with E-state index in [2.05, 4.69) is 22.4 Å². The van der Waals surface area contributed by atoms with Crippen molar-refractivity contribution in [2.75, 3.05) is 16.8 Å². The van der Waals surface area contributed by atoms with Gasteiger partial charge >= 0.3 is 0 Å². The summed E-state index contributed by atoms with van der Waals surface area (Å²) >= 11 is 3.94. The third kappa shape index (κ3) is 3.28. The fraction of sp³-hybridized carbons (Fsp3) is 0.158. The predicted octanol–water partition coefficient (Wildman–Crippen LogP) is 4.97. The molecule has 2 aromatic carbocycles. The van der Waals surface area contributed by atoms with Gasteiger partial charge in [-0.15, -0.1) is 23.5 Å². The van der Waals surface area contributed by atoms with Gasteiger partial charge in [0.15, 0.2) is 0 Å². The minimum Gasteiger partial charge on any atom is -0.322 e. The third-order valence-corrected chi connectivity index (χ3v) is 7.03. The van der Waals surface area contributed by atoms with E-state index >= 15 is 0 Å². The van der Waals surface area contributed by atoms with Crippen molar-refractivity contribution < 1.29 is 4.79 Å². The van der Waals surface area contributed by atoms with E-state index in [-0.39, 0.29) is 5.91 Å². The number of thioether (sulfide) groups is 2. The SMILES string of the molecule is O=C(Nc1ccc2ncccc2c1)c1ccc(C2SCCS2)cc1. The summed E-state index contributed by atoms with van der Waals surface area (Å²) in [6.07, 6.45) is 1.77. The van der Waals surface area contributed by atoms with Gasteiger partial charge in [-0.05, 0) is 42.0 Å². The van der Waals surface area contributed by atoms with E-state index in [1.165, 1.54) is 17.1 Å². The van der Waals surface area contributed by atoms with Gasteiger partial charge in [0, 0.05) is 34.3 Å². The van der Waals surface area contributed by atoms with Crippen LogP contribution in [0.1, 0.15) is 20.5 Å². The van der Waals surface area contributed by atoms with Crippen LogP contribution >= 0.6 is 23.5 Å². The number of hydrogen-bond donors (Lipinski definition) is 1. The van der Waals surface area contributed by atoms with E-state index in [9.17, 15) is 4.79 Å². The zero-order chi connectivity index (χ0) is 16.4.